The smallest absolute Gasteiger partial charge is 0.229 e. The second-order valence-electron chi connectivity index (χ2n) is 8.77. The van der Waals surface area contributed by atoms with Gasteiger partial charge in [0.25, 0.3) is 0 Å². The molecule has 1 saturated carbocycles. The topological polar surface area (TPSA) is 62.1 Å². The molecule has 0 spiro atoms. The fourth-order valence-corrected chi connectivity index (χ4v) is 4.62. The van der Waals surface area contributed by atoms with Gasteiger partial charge in [-0.2, -0.15) is 10.1 Å². The van der Waals surface area contributed by atoms with E-state index in [4.69, 9.17) is 4.98 Å². The molecule has 7 heteroatoms. The SMILES string of the molecule is CN1CCN(c2ccc(Nc3ncc4cnn(CC5CCCCC5)c4n3)cc2)CC1. The molecule has 0 bridgehead atoms. The highest BCUT2D eigenvalue weighted by atomic mass is 15.3. The van der Waals surface area contributed by atoms with E-state index in [-0.39, 0.29) is 0 Å². The summed E-state index contributed by atoms with van der Waals surface area (Å²) in [4.78, 5) is 14.1. The van der Waals surface area contributed by atoms with Gasteiger partial charge in [0.05, 0.1) is 11.6 Å². The van der Waals surface area contributed by atoms with Crippen LogP contribution in [0.15, 0.2) is 36.7 Å². The normalized spacial score (nSPS) is 18.8. The number of piperazine rings is 1. The van der Waals surface area contributed by atoms with Crippen LogP contribution in [0.3, 0.4) is 0 Å². The summed E-state index contributed by atoms with van der Waals surface area (Å²) in [6.45, 7) is 5.34. The number of hydrogen-bond donors (Lipinski definition) is 1. The summed E-state index contributed by atoms with van der Waals surface area (Å²) in [5, 5.41) is 8.95. The lowest BCUT2D eigenvalue weighted by Gasteiger charge is -2.34. The molecule has 0 atom stereocenters. The van der Waals surface area contributed by atoms with Gasteiger partial charge in [0.2, 0.25) is 5.95 Å². The zero-order valence-corrected chi connectivity index (χ0v) is 17.8. The third kappa shape index (κ3) is 4.26. The zero-order valence-electron chi connectivity index (χ0n) is 17.8. The van der Waals surface area contributed by atoms with Crippen LogP contribution < -0.4 is 10.2 Å². The first-order chi connectivity index (χ1) is 14.7. The van der Waals surface area contributed by atoms with E-state index < -0.39 is 0 Å². The van der Waals surface area contributed by atoms with Crippen molar-refractivity contribution in [1.82, 2.24) is 24.6 Å². The van der Waals surface area contributed by atoms with Crippen molar-refractivity contribution in [2.24, 2.45) is 5.92 Å². The summed E-state index contributed by atoms with van der Waals surface area (Å²) in [6, 6.07) is 8.58. The standard InChI is InChI=1S/C23H31N7/c1-28-11-13-29(14-12-28)21-9-7-20(8-10-21)26-23-24-15-19-16-25-30(22(19)27-23)17-18-5-3-2-4-6-18/h7-10,15-16,18H,2-6,11-14,17H2,1H3,(H,24,26,27). The van der Waals surface area contributed by atoms with E-state index in [1.807, 2.05) is 12.4 Å². The molecule has 2 fully saturated rings. The number of benzene rings is 1. The molecule has 2 aliphatic rings. The highest BCUT2D eigenvalue weighted by Gasteiger charge is 2.17. The van der Waals surface area contributed by atoms with Crippen LogP contribution >= 0.6 is 0 Å². The van der Waals surface area contributed by atoms with Crippen molar-refractivity contribution in [3.63, 3.8) is 0 Å². The average Bonchev–Trinajstić information content (AvgIpc) is 3.18. The molecule has 3 aromatic rings. The van der Waals surface area contributed by atoms with E-state index in [1.165, 1.54) is 37.8 Å². The van der Waals surface area contributed by atoms with Crippen molar-refractivity contribution in [2.75, 3.05) is 43.4 Å². The molecule has 1 N–H and O–H groups in total. The maximum absolute atomic E-state index is 4.78. The van der Waals surface area contributed by atoms with E-state index in [9.17, 15) is 0 Å². The molecule has 0 unspecified atom stereocenters. The van der Waals surface area contributed by atoms with Crippen molar-refractivity contribution < 1.29 is 0 Å². The summed E-state index contributed by atoms with van der Waals surface area (Å²) in [5.41, 5.74) is 3.20. The van der Waals surface area contributed by atoms with Gasteiger partial charge in [-0.3, -0.25) is 0 Å². The Morgan fingerprint density at radius 3 is 2.50 bits per heavy atom. The van der Waals surface area contributed by atoms with E-state index in [0.717, 1.165) is 55.4 Å². The number of nitrogens with one attached hydrogen (secondary N) is 1. The van der Waals surface area contributed by atoms with Crippen molar-refractivity contribution in [1.29, 1.82) is 0 Å². The lowest BCUT2D eigenvalue weighted by atomic mass is 9.89. The molecule has 7 nitrogen and oxygen atoms in total. The Morgan fingerprint density at radius 2 is 1.73 bits per heavy atom. The lowest BCUT2D eigenvalue weighted by molar-refractivity contribution is 0.311. The number of likely N-dealkylation sites (N-methyl/N-ethyl adjacent to an activating group) is 1. The number of hydrogen-bond acceptors (Lipinski definition) is 6. The Morgan fingerprint density at radius 1 is 0.967 bits per heavy atom. The quantitative estimate of drug-likeness (QED) is 0.695. The summed E-state index contributed by atoms with van der Waals surface area (Å²) in [6.07, 6.45) is 10.4. The van der Waals surface area contributed by atoms with Gasteiger partial charge in [-0.15, -0.1) is 0 Å². The van der Waals surface area contributed by atoms with Crippen LogP contribution in [0.2, 0.25) is 0 Å². The molecule has 3 heterocycles. The molecule has 2 aromatic heterocycles. The zero-order chi connectivity index (χ0) is 20.3. The minimum Gasteiger partial charge on any atom is -0.369 e. The second kappa shape index (κ2) is 8.60. The highest BCUT2D eigenvalue weighted by molar-refractivity contribution is 5.75. The van der Waals surface area contributed by atoms with Crippen molar-refractivity contribution in [2.45, 2.75) is 38.6 Å². The molecular formula is C23H31N7. The largest absolute Gasteiger partial charge is 0.369 e. The number of aromatic nitrogens is 4. The van der Waals surface area contributed by atoms with Gasteiger partial charge in [-0.25, -0.2) is 9.67 Å². The van der Waals surface area contributed by atoms with Crippen LogP contribution in [-0.4, -0.2) is 57.9 Å². The molecule has 1 aliphatic carbocycles. The van der Waals surface area contributed by atoms with Crippen LogP contribution in [0, 0.1) is 5.92 Å². The summed E-state index contributed by atoms with van der Waals surface area (Å²) >= 11 is 0. The van der Waals surface area contributed by atoms with Crippen molar-refractivity contribution >= 4 is 28.4 Å². The van der Waals surface area contributed by atoms with Crippen LogP contribution in [0.25, 0.3) is 11.0 Å². The molecule has 1 aromatic carbocycles. The molecule has 1 aliphatic heterocycles. The molecule has 0 amide bonds. The highest BCUT2D eigenvalue weighted by Crippen LogP contribution is 2.26. The van der Waals surface area contributed by atoms with Crippen LogP contribution in [0.4, 0.5) is 17.3 Å². The predicted molar refractivity (Wildman–Crippen MR) is 121 cm³/mol. The van der Waals surface area contributed by atoms with Crippen molar-refractivity contribution in [3.8, 4) is 0 Å². The van der Waals surface area contributed by atoms with Gasteiger partial charge in [0, 0.05) is 50.3 Å². The summed E-state index contributed by atoms with van der Waals surface area (Å²) in [5.74, 6) is 1.34. The molecule has 30 heavy (non-hydrogen) atoms. The average molecular weight is 406 g/mol. The number of fused-ring (bicyclic) bond motifs is 1. The minimum absolute atomic E-state index is 0.625. The van der Waals surface area contributed by atoms with Crippen molar-refractivity contribution in [3.05, 3.63) is 36.7 Å². The van der Waals surface area contributed by atoms with Gasteiger partial charge in [0.15, 0.2) is 5.65 Å². The third-order valence-electron chi connectivity index (χ3n) is 6.52. The molecule has 1 saturated heterocycles. The van der Waals surface area contributed by atoms with Crippen LogP contribution in [0.1, 0.15) is 32.1 Å². The van der Waals surface area contributed by atoms with E-state index >= 15 is 0 Å². The molecular weight excluding hydrogens is 374 g/mol. The Balaban J connectivity index is 1.28. The maximum Gasteiger partial charge on any atom is 0.229 e. The molecule has 5 rings (SSSR count). The van der Waals surface area contributed by atoms with E-state index in [2.05, 4.69) is 61.2 Å². The minimum atomic E-state index is 0.625. The third-order valence-corrected chi connectivity index (χ3v) is 6.52. The molecule has 158 valence electrons. The van der Waals surface area contributed by atoms with E-state index in [1.54, 1.807) is 0 Å². The van der Waals surface area contributed by atoms with E-state index in [0.29, 0.717) is 5.95 Å². The van der Waals surface area contributed by atoms with Gasteiger partial charge in [-0.1, -0.05) is 19.3 Å². The Kier molecular flexibility index (Phi) is 5.53. The summed E-state index contributed by atoms with van der Waals surface area (Å²) < 4.78 is 2.06. The first-order valence-electron chi connectivity index (χ1n) is 11.2. The summed E-state index contributed by atoms with van der Waals surface area (Å²) in [7, 11) is 2.18. The lowest BCUT2D eigenvalue weighted by Crippen LogP contribution is -2.44. The first-order valence-corrected chi connectivity index (χ1v) is 11.2. The number of rotatable bonds is 5. The van der Waals surface area contributed by atoms with Gasteiger partial charge < -0.3 is 15.1 Å². The monoisotopic (exact) mass is 405 g/mol. The Hall–Kier alpha value is -2.67. The number of anilines is 3. The first kappa shape index (κ1) is 19.3. The Bertz CT molecular complexity index is 967. The Labute approximate surface area is 178 Å². The fraction of sp³-hybridized carbons (Fsp3) is 0.522. The second-order valence-corrected chi connectivity index (χ2v) is 8.77. The predicted octanol–water partition coefficient (Wildman–Crippen LogP) is 3.90. The van der Waals surface area contributed by atoms with Gasteiger partial charge in [0.1, 0.15) is 0 Å². The maximum atomic E-state index is 4.78. The van der Waals surface area contributed by atoms with Gasteiger partial charge in [-0.05, 0) is 50.1 Å². The van der Waals surface area contributed by atoms with Crippen LogP contribution in [-0.2, 0) is 6.54 Å². The van der Waals surface area contributed by atoms with Gasteiger partial charge >= 0.3 is 0 Å². The number of nitrogens with zero attached hydrogens (tertiary/aromatic N) is 6. The van der Waals surface area contributed by atoms with Crippen LogP contribution in [0.5, 0.6) is 0 Å². The fourth-order valence-electron chi connectivity index (χ4n) is 4.62. The molecule has 0 radical (unpaired) electrons.